The van der Waals surface area contributed by atoms with Gasteiger partial charge in [0.1, 0.15) is 19.0 Å². The summed E-state index contributed by atoms with van der Waals surface area (Å²) in [5.41, 5.74) is 1.86. The minimum Gasteiger partial charge on any atom is -0.461 e. The fraction of sp³-hybridized carbons (Fsp3) is 0.333. The maximum Gasteiger partial charge on any atom is 0.306 e. The molecule has 188 valence electrons. The summed E-state index contributed by atoms with van der Waals surface area (Å²) in [5, 5.41) is 5.18. The average Bonchev–Trinajstić information content (AvgIpc) is 3.57. The summed E-state index contributed by atoms with van der Waals surface area (Å²) in [5.74, 6) is -0.916. The van der Waals surface area contributed by atoms with Gasteiger partial charge in [-0.05, 0) is 23.8 Å². The number of aromatic nitrogens is 4. The zero-order valence-electron chi connectivity index (χ0n) is 21.4. The quantitative estimate of drug-likeness (QED) is 0.316. The number of carbonyl (C=O) groups is 3. The molecular formula is C24H26N6O6. The number of hydrogen-bond acceptors (Lipinski definition) is 9. The van der Waals surface area contributed by atoms with E-state index >= 15 is 0 Å². The van der Waals surface area contributed by atoms with Gasteiger partial charge < -0.3 is 24.8 Å². The number of amides is 2. The van der Waals surface area contributed by atoms with Gasteiger partial charge in [-0.15, -0.1) is 0 Å². The molecule has 3 aromatic rings. The highest BCUT2D eigenvalue weighted by atomic mass is 16.5. The smallest absolute Gasteiger partial charge is 0.306 e. The highest BCUT2D eigenvalue weighted by molar-refractivity contribution is 6.06. The zero-order chi connectivity index (χ0) is 27.1. The third kappa shape index (κ3) is 5.90. The van der Waals surface area contributed by atoms with Gasteiger partial charge in [0, 0.05) is 26.1 Å². The van der Waals surface area contributed by atoms with Gasteiger partial charge in [-0.3, -0.25) is 19.0 Å². The molecule has 3 atom stereocenters. The molecule has 0 bridgehead atoms. The van der Waals surface area contributed by atoms with E-state index in [9.17, 15) is 14.4 Å². The Bertz CT molecular complexity index is 1330. The Morgan fingerprint density at radius 3 is 2.81 bits per heavy atom. The number of carbonyl (C=O) groups excluding carboxylic acids is 3. The summed E-state index contributed by atoms with van der Waals surface area (Å²) in [6.07, 6.45) is 5.51. The van der Waals surface area contributed by atoms with Gasteiger partial charge >= 0.3 is 5.97 Å². The first kappa shape index (κ1) is 22.3. The van der Waals surface area contributed by atoms with Crippen molar-refractivity contribution in [2.75, 3.05) is 26.0 Å². The van der Waals surface area contributed by atoms with Crippen LogP contribution in [0.15, 0.2) is 49.1 Å². The van der Waals surface area contributed by atoms with Crippen LogP contribution < -0.4 is 10.6 Å². The van der Waals surface area contributed by atoms with Crippen LogP contribution in [-0.2, 0) is 30.4 Å². The van der Waals surface area contributed by atoms with Crippen molar-refractivity contribution in [2.24, 2.45) is 0 Å². The van der Waals surface area contributed by atoms with E-state index in [1.165, 1.54) is 19.7 Å². The largest absolute Gasteiger partial charge is 0.461 e. The standard InChI is InChI=1S/C24H26N6O6/c1-25-18(31)8-10-20(32)35-11-15-3-5-16(6-4-15)24(33)29-22-21-23(27-13-26-22)30(14-28-21)19-9-7-17(36-19)12-34-2/h3-7,9,13-14,17,19H,8,10-12H2,1-2H3,(H,25,31)(H,26,27,29,33)/t17-,19+/m0/s1/i2TD/t2?,17-,19+. The minimum atomic E-state index is -1.39. The van der Waals surface area contributed by atoms with Crippen molar-refractivity contribution in [2.45, 2.75) is 31.8 Å². The second-order valence-corrected chi connectivity index (χ2v) is 7.81. The Kier molecular flexibility index (Phi) is 7.14. The molecule has 0 aliphatic carbocycles. The van der Waals surface area contributed by atoms with E-state index in [-0.39, 0.29) is 37.8 Å². The van der Waals surface area contributed by atoms with Crippen LogP contribution in [0.5, 0.6) is 0 Å². The lowest BCUT2D eigenvalue weighted by atomic mass is 10.1. The normalized spacial score (nSPS) is 18.4. The van der Waals surface area contributed by atoms with Gasteiger partial charge in [-0.1, -0.05) is 18.2 Å². The summed E-state index contributed by atoms with van der Waals surface area (Å²) in [6.45, 7) is 0.0996. The van der Waals surface area contributed by atoms with Gasteiger partial charge in [0.25, 0.3) is 5.91 Å². The van der Waals surface area contributed by atoms with Crippen LogP contribution in [0.4, 0.5) is 5.82 Å². The molecule has 2 N–H and O–H groups in total. The SMILES string of the molecule is [2H]C([3H])OC[C@@H]1C=C[C@H](n2cnc3c(NC(=O)c4ccc(COC(=O)CCC(=O)NC)cc4)ncnc32)O1. The lowest BCUT2D eigenvalue weighted by Crippen LogP contribution is -2.19. The number of nitrogens with one attached hydrogen (secondary N) is 2. The monoisotopic (exact) mass is 497 g/mol. The maximum absolute atomic E-state index is 12.8. The molecule has 12 heteroatoms. The summed E-state index contributed by atoms with van der Waals surface area (Å²) >= 11 is 0. The molecule has 1 aliphatic rings. The van der Waals surface area contributed by atoms with E-state index in [1.54, 1.807) is 41.0 Å². The van der Waals surface area contributed by atoms with E-state index in [0.29, 0.717) is 22.3 Å². The molecule has 0 saturated carbocycles. The summed E-state index contributed by atoms with van der Waals surface area (Å²) in [6, 6.07) is 6.52. The van der Waals surface area contributed by atoms with Crippen molar-refractivity contribution in [1.29, 1.82) is 0 Å². The van der Waals surface area contributed by atoms with E-state index < -0.39 is 31.3 Å². The van der Waals surface area contributed by atoms with Gasteiger partial charge in [0.05, 0.1) is 22.1 Å². The second kappa shape index (κ2) is 11.5. The minimum absolute atomic E-state index is 0.0140. The van der Waals surface area contributed by atoms with Crippen molar-refractivity contribution in [3.8, 4) is 0 Å². The number of hydrogen-bond donors (Lipinski definition) is 2. The fourth-order valence-electron chi connectivity index (χ4n) is 3.48. The Balaban J connectivity index is 1.35. The molecule has 36 heavy (non-hydrogen) atoms. The lowest BCUT2D eigenvalue weighted by molar-refractivity contribution is -0.146. The number of methoxy groups -OCH3 is 1. The molecule has 0 radical (unpaired) electrons. The number of nitrogens with zero attached hydrogens (tertiary/aromatic N) is 4. The molecule has 1 unspecified atom stereocenters. The van der Waals surface area contributed by atoms with E-state index in [4.69, 9.17) is 17.0 Å². The Hall–Kier alpha value is -4.16. The lowest BCUT2D eigenvalue weighted by Gasteiger charge is -2.15. The van der Waals surface area contributed by atoms with Gasteiger partial charge in [-0.2, -0.15) is 0 Å². The van der Waals surface area contributed by atoms with E-state index in [0.717, 1.165) is 0 Å². The zero-order valence-corrected chi connectivity index (χ0v) is 19.4. The van der Waals surface area contributed by atoms with Crippen LogP contribution in [0, 0.1) is 0 Å². The van der Waals surface area contributed by atoms with Crippen molar-refractivity contribution >= 4 is 34.8 Å². The van der Waals surface area contributed by atoms with Crippen molar-refractivity contribution in [3.63, 3.8) is 0 Å². The first-order chi connectivity index (χ1) is 18.3. The third-order valence-corrected chi connectivity index (χ3v) is 5.38. The number of benzene rings is 1. The number of imidazole rings is 1. The molecule has 0 saturated heterocycles. The highest BCUT2D eigenvalue weighted by Crippen LogP contribution is 2.26. The van der Waals surface area contributed by atoms with E-state index in [1.807, 2.05) is 0 Å². The maximum atomic E-state index is 12.8. The third-order valence-electron chi connectivity index (χ3n) is 5.38. The molecule has 1 aliphatic heterocycles. The van der Waals surface area contributed by atoms with Crippen LogP contribution in [0.1, 0.15) is 37.7 Å². The second-order valence-electron chi connectivity index (χ2n) is 7.81. The van der Waals surface area contributed by atoms with Gasteiger partial charge in [-0.25, -0.2) is 15.0 Å². The summed E-state index contributed by atoms with van der Waals surface area (Å²) in [4.78, 5) is 48.6. The Morgan fingerprint density at radius 1 is 1.19 bits per heavy atom. The number of rotatable bonds is 10. The molecule has 3 heterocycles. The predicted octanol–water partition coefficient (Wildman–Crippen LogP) is 1.75. The molecule has 12 nitrogen and oxygen atoms in total. The number of anilines is 1. The molecular weight excluding hydrogens is 468 g/mol. The molecule has 2 amide bonds. The van der Waals surface area contributed by atoms with Gasteiger partial charge in [0.2, 0.25) is 5.91 Å². The molecule has 0 spiro atoms. The molecule has 2 aromatic heterocycles. The number of ether oxygens (including phenoxy) is 3. The fourth-order valence-corrected chi connectivity index (χ4v) is 3.48. The average molecular weight is 498 g/mol. The number of esters is 1. The van der Waals surface area contributed by atoms with Crippen LogP contribution in [-0.4, -0.2) is 64.1 Å². The highest BCUT2D eigenvalue weighted by Gasteiger charge is 2.23. The first-order valence-corrected chi connectivity index (χ1v) is 11.1. The Morgan fingerprint density at radius 2 is 2.03 bits per heavy atom. The predicted molar refractivity (Wildman–Crippen MR) is 128 cm³/mol. The molecule has 4 rings (SSSR count). The first-order valence-electron chi connectivity index (χ1n) is 12.2. The van der Waals surface area contributed by atoms with Gasteiger partial charge in [0.15, 0.2) is 23.2 Å². The van der Waals surface area contributed by atoms with E-state index in [2.05, 4.69) is 25.6 Å². The summed E-state index contributed by atoms with van der Waals surface area (Å²) in [7, 11) is 0.109. The number of fused-ring (bicyclic) bond motifs is 1. The molecule has 1 aromatic carbocycles. The summed E-state index contributed by atoms with van der Waals surface area (Å²) < 4.78 is 31.9. The Labute approximate surface area is 209 Å². The van der Waals surface area contributed by atoms with Crippen LogP contribution in [0.25, 0.3) is 11.2 Å². The van der Waals surface area contributed by atoms with Crippen molar-refractivity contribution in [3.05, 3.63) is 60.2 Å². The van der Waals surface area contributed by atoms with Crippen molar-refractivity contribution < 1.29 is 31.3 Å². The topological polar surface area (TPSA) is 147 Å². The van der Waals surface area contributed by atoms with Crippen LogP contribution >= 0.6 is 0 Å². The van der Waals surface area contributed by atoms with Crippen molar-refractivity contribution in [1.82, 2.24) is 24.8 Å². The molecule has 0 fully saturated rings. The van der Waals surface area contributed by atoms with Crippen LogP contribution in [0.3, 0.4) is 0 Å². The van der Waals surface area contributed by atoms with Crippen LogP contribution in [0.2, 0.25) is 0 Å².